The van der Waals surface area contributed by atoms with Crippen molar-refractivity contribution in [1.29, 1.82) is 0 Å². The van der Waals surface area contributed by atoms with Gasteiger partial charge in [-0.15, -0.1) is 6.58 Å². The van der Waals surface area contributed by atoms with E-state index in [0.717, 1.165) is 58.4 Å². The Morgan fingerprint density at radius 2 is 1.85 bits per heavy atom. The molecule has 0 radical (unpaired) electrons. The Morgan fingerprint density at radius 3 is 2.56 bits per heavy atom. The number of nitrogens with one attached hydrogen (secondary N) is 2. The van der Waals surface area contributed by atoms with E-state index in [-0.39, 0.29) is 0 Å². The summed E-state index contributed by atoms with van der Waals surface area (Å²) >= 11 is 5.82. The van der Waals surface area contributed by atoms with E-state index in [2.05, 4.69) is 17.2 Å². The lowest BCUT2D eigenvalue weighted by Crippen LogP contribution is -2.33. The van der Waals surface area contributed by atoms with Gasteiger partial charge in [0, 0.05) is 24.7 Å². The highest BCUT2D eigenvalue weighted by atomic mass is 35.5. The molecule has 1 fully saturated rings. The van der Waals surface area contributed by atoms with Crippen LogP contribution < -0.4 is 15.4 Å². The Hall–Kier alpha value is -1.56. The highest BCUT2D eigenvalue weighted by molar-refractivity contribution is 6.30. The van der Waals surface area contributed by atoms with Gasteiger partial charge in [0.15, 0.2) is 0 Å². The van der Waals surface area contributed by atoms with Crippen molar-refractivity contribution in [3.05, 3.63) is 41.9 Å². The molecule has 1 amide bonds. The third kappa shape index (κ3) is 9.27. The lowest BCUT2D eigenvalue weighted by molar-refractivity contribution is 0.0793. The zero-order valence-electron chi connectivity index (χ0n) is 15.9. The molecule has 6 heteroatoms. The first kappa shape index (κ1) is 21.7. The van der Waals surface area contributed by atoms with Gasteiger partial charge >= 0.3 is 6.09 Å². The molecule has 27 heavy (non-hydrogen) atoms. The highest BCUT2D eigenvalue weighted by Gasteiger charge is 2.22. The third-order valence-corrected chi connectivity index (χ3v) is 5.08. The van der Waals surface area contributed by atoms with Gasteiger partial charge in [-0.3, -0.25) is 0 Å². The average molecular weight is 395 g/mol. The Balaban J connectivity index is 1.51. The fourth-order valence-corrected chi connectivity index (χ4v) is 3.33. The number of carbonyl (C=O) groups is 1. The standard InChI is InChI=1S/C21H31ClN2O3/c1-2-3-12-23-13-14-26-16-18-6-4-17(5-7-18)15-24-21(25)27-20-10-8-19(22)9-11-20/h2,8-11,17-18,23H,1,3-7,12-16H2,(H,24,25). The summed E-state index contributed by atoms with van der Waals surface area (Å²) in [4.78, 5) is 11.9. The molecule has 0 spiro atoms. The quantitative estimate of drug-likeness (QED) is 0.431. The summed E-state index contributed by atoms with van der Waals surface area (Å²) in [5.74, 6) is 1.65. The van der Waals surface area contributed by atoms with Crippen LogP contribution in [0.15, 0.2) is 36.9 Å². The largest absolute Gasteiger partial charge is 0.412 e. The SMILES string of the molecule is C=CCCNCCOCC1CCC(CNC(=O)Oc2ccc(Cl)cc2)CC1. The van der Waals surface area contributed by atoms with Crippen molar-refractivity contribution < 1.29 is 14.3 Å². The van der Waals surface area contributed by atoms with E-state index < -0.39 is 6.09 Å². The lowest BCUT2D eigenvalue weighted by atomic mass is 9.82. The fourth-order valence-electron chi connectivity index (χ4n) is 3.20. The molecule has 1 saturated carbocycles. The van der Waals surface area contributed by atoms with Crippen LogP contribution in [0.4, 0.5) is 4.79 Å². The second-order valence-electron chi connectivity index (χ2n) is 7.01. The van der Waals surface area contributed by atoms with Crippen LogP contribution >= 0.6 is 11.6 Å². The molecule has 1 aliphatic carbocycles. The summed E-state index contributed by atoms with van der Waals surface area (Å²) < 4.78 is 11.0. The van der Waals surface area contributed by atoms with Crippen LogP contribution in [-0.2, 0) is 4.74 Å². The van der Waals surface area contributed by atoms with E-state index in [9.17, 15) is 4.79 Å². The maximum Gasteiger partial charge on any atom is 0.412 e. The Bertz CT molecular complexity index is 557. The van der Waals surface area contributed by atoms with Crippen LogP contribution in [0.1, 0.15) is 32.1 Å². The van der Waals surface area contributed by atoms with Crippen molar-refractivity contribution in [3.8, 4) is 5.75 Å². The molecule has 1 aliphatic rings. The number of carbonyl (C=O) groups excluding carboxylic acids is 1. The maximum absolute atomic E-state index is 11.9. The van der Waals surface area contributed by atoms with Crippen molar-refractivity contribution in [1.82, 2.24) is 10.6 Å². The molecule has 0 aliphatic heterocycles. The van der Waals surface area contributed by atoms with Gasteiger partial charge in [0.2, 0.25) is 0 Å². The summed E-state index contributed by atoms with van der Waals surface area (Å²) in [7, 11) is 0. The first-order valence-electron chi connectivity index (χ1n) is 9.78. The molecule has 2 N–H and O–H groups in total. The number of ether oxygens (including phenoxy) is 2. The van der Waals surface area contributed by atoms with E-state index in [1.807, 2.05) is 6.08 Å². The fraction of sp³-hybridized carbons (Fsp3) is 0.571. The van der Waals surface area contributed by atoms with Crippen LogP contribution in [0.5, 0.6) is 5.75 Å². The van der Waals surface area contributed by atoms with Crippen molar-refractivity contribution in [2.45, 2.75) is 32.1 Å². The van der Waals surface area contributed by atoms with Crippen molar-refractivity contribution in [2.24, 2.45) is 11.8 Å². The van der Waals surface area contributed by atoms with Gasteiger partial charge < -0.3 is 20.1 Å². The Labute approximate surface area is 167 Å². The maximum atomic E-state index is 11.9. The second-order valence-corrected chi connectivity index (χ2v) is 7.45. The molecule has 0 heterocycles. The minimum Gasteiger partial charge on any atom is -0.410 e. The molecule has 0 bridgehead atoms. The molecular weight excluding hydrogens is 364 g/mol. The summed E-state index contributed by atoms with van der Waals surface area (Å²) in [6.07, 6.45) is 7.04. The van der Waals surface area contributed by atoms with E-state index in [0.29, 0.717) is 29.2 Å². The normalized spacial score (nSPS) is 19.4. The number of rotatable bonds is 11. The number of benzene rings is 1. The minimum absolute atomic E-state index is 0.410. The van der Waals surface area contributed by atoms with Crippen molar-refractivity contribution >= 4 is 17.7 Å². The highest BCUT2D eigenvalue weighted by Crippen LogP contribution is 2.28. The molecule has 0 aromatic heterocycles. The zero-order chi connectivity index (χ0) is 19.3. The molecular formula is C21H31ClN2O3. The van der Waals surface area contributed by atoms with Gasteiger partial charge in [-0.1, -0.05) is 17.7 Å². The lowest BCUT2D eigenvalue weighted by Gasteiger charge is -2.28. The molecule has 5 nitrogen and oxygen atoms in total. The average Bonchev–Trinajstić information content (AvgIpc) is 2.68. The molecule has 1 aromatic carbocycles. The third-order valence-electron chi connectivity index (χ3n) is 4.83. The number of hydrogen-bond acceptors (Lipinski definition) is 4. The Kier molecular flexibility index (Phi) is 10.3. The van der Waals surface area contributed by atoms with Gasteiger partial charge in [-0.25, -0.2) is 4.79 Å². The topological polar surface area (TPSA) is 59.6 Å². The molecule has 2 rings (SSSR count). The van der Waals surface area contributed by atoms with Crippen molar-refractivity contribution in [2.75, 3.05) is 32.8 Å². The van der Waals surface area contributed by atoms with E-state index in [4.69, 9.17) is 21.1 Å². The van der Waals surface area contributed by atoms with Gasteiger partial charge in [-0.05, 0) is 74.8 Å². The first-order chi connectivity index (χ1) is 13.2. The predicted molar refractivity (Wildman–Crippen MR) is 109 cm³/mol. The van der Waals surface area contributed by atoms with Crippen molar-refractivity contribution in [3.63, 3.8) is 0 Å². The van der Waals surface area contributed by atoms with Gasteiger partial charge in [-0.2, -0.15) is 0 Å². The smallest absolute Gasteiger partial charge is 0.410 e. The summed E-state index contributed by atoms with van der Waals surface area (Å²) in [5.41, 5.74) is 0. The minimum atomic E-state index is -0.410. The Morgan fingerprint density at radius 1 is 1.15 bits per heavy atom. The first-order valence-corrected chi connectivity index (χ1v) is 10.2. The van der Waals surface area contributed by atoms with Gasteiger partial charge in [0.1, 0.15) is 5.75 Å². The number of halogens is 1. The zero-order valence-corrected chi connectivity index (χ0v) is 16.7. The van der Waals surface area contributed by atoms with Gasteiger partial charge in [0.25, 0.3) is 0 Å². The van der Waals surface area contributed by atoms with E-state index in [1.165, 1.54) is 0 Å². The van der Waals surface area contributed by atoms with Crippen LogP contribution in [0, 0.1) is 11.8 Å². The molecule has 0 saturated heterocycles. The number of amides is 1. The number of hydrogen-bond donors (Lipinski definition) is 2. The van der Waals surface area contributed by atoms with E-state index >= 15 is 0 Å². The van der Waals surface area contributed by atoms with E-state index in [1.54, 1.807) is 24.3 Å². The van der Waals surface area contributed by atoms with Crippen LogP contribution in [0.25, 0.3) is 0 Å². The van der Waals surface area contributed by atoms with Gasteiger partial charge in [0.05, 0.1) is 6.61 Å². The predicted octanol–water partition coefficient (Wildman–Crippen LogP) is 4.42. The molecule has 0 atom stereocenters. The molecule has 150 valence electrons. The van der Waals surface area contributed by atoms with Crippen LogP contribution in [0.3, 0.4) is 0 Å². The summed E-state index contributed by atoms with van der Waals surface area (Å²) in [6, 6.07) is 6.76. The molecule has 1 aromatic rings. The second kappa shape index (κ2) is 12.8. The van der Waals surface area contributed by atoms with Crippen LogP contribution in [-0.4, -0.2) is 38.9 Å². The summed E-state index contributed by atoms with van der Waals surface area (Å²) in [5, 5.41) is 6.81. The summed E-state index contributed by atoms with van der Waals surface area (Å²) in [6.45, 7) is 7.81. The molecule has 0 unspecified atom stereocenters. The van der Waals surface area contributed by atoms with Crippen LogP contribution in [0.2, 0.25) is 5.02 Å². The monoisotopic (exact) mass is 394 g/mol.